The van der Waals surface area contributed by atoms with Crippen molar-refractivity contribution in [3.63, 3.8) is 0 Å². The lowest BCUT2D eigenvalue weighted by Crippen LogP contribution is -2.34. The Morgan fingerprint density at radius 1 is 1.22 bits per heavy atom. The summed E-state index contributed by atoms with van der Waals surface area (Å²) in [6.45, 7) is 5.80. The molecule has 2 atom stereocenters. The van der Waals surface area contributed by atoms with Crippen molar-refractivity contribution in [3.8, 4) is 0 Å². The van der Waals surface area contributed by atoms with Gasteiger partial charge in [0.2, 0.25) is 0 Å². The lowest BCUT2D eigenvalue weighted by Gasteiger charge is -2.27. The molecule has 0 aromatic heterocycles. The van der Waals surface area contributed by atoms with E-state index in [-0.39, 0.29) is 6.10 Å². The number of hydrogen-bond donors (Lipinski definition) is 2. The van der Waals surface area contributed by atoms with E-state index in [1.807, 2.05) is 18.2 Å². The summed E-state index contributed by atoms with van der Waals surface area (Å²) in [5.41, 5.74) is 2.30. The molecule has 1 fully saturated rings. The molecule has 1 aliphatic carbocycles. The van der Waals surface area contributed by atoms with Gasteiger partial charge in [-0.15, -0.1) is 0 Å². The van der Waals surface area contributed by atoms with Gasteiger partial charge in [0.25, 0.3) is 0 Å². The molecule has 0 bridgehead atoms. The van der Waals surface area contributed by atoms with E-state index < -0.39 is 0 Å². The number of aliphatic hydroxyl groups excluding tert-OH is 1. The first-order valence-electron chi connectivity index (χ1n) is 6.89. The van der Waals surface area contributed by atoms with Crippen molar-refractivity contribution in [1.82, 2.24) is 5.32 Å². The van der Waals surface area contributed by atoms with E-state index in [1.54, 1.807) is 0 Å². The van der Waals surface area contributed by atoms with E-state index in [0.717, 1.165) is 31.5 Å². The molecule has 0 heterocycles. The maximum absolute atomic E-state index is 9.89. The molecule has 0 aliphatic heterocycles. The second-order valence-corrected chi connectivity index (χ2v) is 5.21. The predicted molar refractivity (Wildman–Crippen MR) is 76.3 cm³/mol. The van der Waals surface area contributed by atoms with E-state index in [0.29, 0.717) is 5.92 Å². The van der Waals surface area contributed by atoms with Gasteiger partial charge in [0.15, 0.2) is 0 Å². The molecule has 18 heavy (non-hydrogen) atoms. The summed E-state index contributed by atoms with van der Waals surface area (Å²) >= 11 is 0. The normalized spacial score (nSPS) is 23.8. The highest BCUT2D eigenvalue weighted by Gasteiger charge is 2.22. The van der Waals surface area contributed by atoms with Crippen molar-refractivity contribution in [3.05, 3.63) is 42.5 Å². The van der Waals surface area contributed by atoms with Crippen molar-refractivity contribution in [2.75, 3.05) is 13.1 Å². The van der Waals surface area contributed by atoms with Crippen LogP contribution in [0.3, 0.4) is 0 Å². The average Bonchev–Trinajstić information content (AvgIpc) is 2.42. The maximum Gasteiger partial charge on any atom is 0.0580 e. The van der Waals surface area contributed by atoms with E-state index in [2.05, 4.69) is 24.0 Å². The first kappa shape index (κ1) is 13.3. The summed E-state index contributed by atoms with van der Waals surface area (Å²) in [7, 11) is 0. The highest BCUT2D eigenvalue weighted by molar-refractivity contribution is 5.64. The first-order chi connectivity index (χ1) is 8.77. The van der Waals surface area contributed by atoms with E-state index in [9.17, 15) is 5.11 Å². The molecule has 2 nitrogen and oxygen atoms in total. The van der Waals surface area contributed by atoms with Crippen LogP contribution in [0.4, 0.5) is 0 Å². The Morgan fingerprint density at radius 3 is 2.67 bits per heavy atom. The summed E-state index contributed by atoms with van der Waals surface area (Å²) in [4.78, 5) is 0. The Labute approximate surface area is 110 Å². The van der Waals surface area contributed by atoms with Crippen LogP contribution in [0.15, 0.2) is 36.9 Å². The van der Waals surface area contributed by atoms with Crippen LogP contribution >= 0.6 is 0 Å². The quantitative estimate of drug-likeness (QED) is 0.836. The average molecular weight is 245 g/mol. The van der Waals surface area contributed by atoms with Gasteiger partial charge in [-0.1, -0.05) is 49.8 Å². The van der Waals surface area contributed by atoms with Crippen LogP contribution in [0.2, 0.25) is 0 Å². The largest absolute Gasteiger partial charge is 0.393 e. The van der Waals surface area contributed by atoms with Crippen molar-refractivity contribution in [2.24, 2.45) is 5.92 Å². The fourth-order valence-electron chi connectivity index (χ4n) is 2.61. The molecular weight excluding hydrogens is 222 g/mol. The number of rotatable bonds is 5. The summed E-state index contributed by atoms with van der Waals surface area (Å²) in [6, 6.07) is 10.2. The van der Waals surface area contributed by atoms with Crippen LogP contribution in [0, 0.1) is 5.92 Å². The minimum atomic E-state index is -0.115. The van der Waals surface area contributed by atoms with Crippen LogP contribution in [-0.2, 0) is 0 Å². The zero-order chi connectivity index (χ0) is 12.8. The van der Waals surface area contributed by atoms with E-state index in [4.69, 9.17) is 0 Å². The predicted octanol–water partition coefficient (Wildman–Crippen LogP) is 2.84. The van der Waals surface area contributed by atoms with Crippen LogP contribution in [0.25, 0.3) is 5.57 Å². The molecular formula is C16H23NO. The third-order valence-corrected chi connectivity index (χ3v) is 3.80. The van der Waals surface area contributed by atoms with Crippen molar-refractivity contribution >= 4 is 5.57 Å². The SMILES string of the molecule is C=C(CNCC1CCCCC1O)c1ccccc1. The van der Waals surface area contributed by atoms with Crippen molar-refractivity contribution in [1.29, 1.82) is 0 Å². The summed E-state index contributed by atoms with van der Waals surface area (Å²) in [6.07, 6.45) is 4.42. The van der Waals surface area contributed by atoms with E-state index >= 15 is 0 Å². The smallest absolute Gasteiger partial charge is 0.0580 e. The fourth-order valence-corrected chi connectivity index (χ4v) is 2.61. The molecule has 1 aliphatic rings. The van der Waals surface area contributed by atoms with Gasteiger partial charge in [-0.2, -0.15) is 0 Å². The lowest BCUT2D eigenvalue weighted by atomic mass is 9.86. The molecule has 1 aromatic rings. The first-order valence-corrected chi connectivity index (χ1v) is 6.89. The Hall–Kier alpha value is -1.12. The molecule has 0 saturated heterocycles. The fraction of sp³-hybridized carbons (Fsp3) is 0.500. The van der Waals surface area contributed by atoms with Crippen molar-refractivity contribution < 1.29 is 5.11 Å². The molecule has 0 radical (unpaired) electrons. The summed E-state index contributed by atoms with van der Waals surface area (Å²) in [5.74, 6) is 0.419. The van der Waals surface area contributed by atoms with Gasteiger partial charge in [0.05, 0.1) is 6.10 Å². The third kappa shape index (κ3) is 3.69. The molecule has 0 spiro atoms. The van der Waals surface area contributed by atoms with Gasteiger partial charge in [-0.05, 0) is 29.9 Å². The Morgan fingerprint density at radius 2 is 1.94 bits per heavy atom. The van der Waals surface area contributed by atoms with Crippen LogP contribution in [0.5, 0.6) is 0 Å². The van der Waals surface area contributed by atoms with Crippen LogP contribution in [-0.4, -0.2) is 24.3 Å². The van der Waals surface area contributed by atoms with Crippen LogP contribution < -0.4 is 5.32 Å². The third-order valence-electron chi connectivity index (χ3n) is 3.80. The highest BCUT2D eigenvalue weighted by atomic mass is 16.3. The number of hydrogen-bond acceptors (Lipinski definition) is 2. The second-order valence-electron chi connectivity index (χ2n) is 5.21. The molecule has 2 unspecified atom stereocenters. The molecule has 2 rings (SSSR count). The molecule has 2 heteroatoms. The topological polar surface area (TPSA) is 32.3 Å². The Kier molecular flexibility index (Phi) is 4.97. The van der Waals surface area contributed by atoms with Gasteiger partial charge < -0.3 is 10.4 Å². The summed E-state index contributed by atoms with van der Waals surface area (Å²) < 4.78 is 0. The number of benzene rings is 1. The van der Waals surface area contributed by atoms with Crippen LogP contribution in [0.1, 0.15) is 31.2 Å². The summed E-state index contributed by atoms with van der Waals surface area (Å²) in [5, 5.41) is 13.3. The minimum absolute atomic E-state index is 0.115. The van der Waals surface area contributed by atoms with Gasteiger partial charge in [0, 0.05) is 13.1 Å². The van der Waals surface area contributed by atoms with Gasteiger partial charge in [-0.25, -0.2) is 0 Å². The standard InChI is InChI=1S/C16H23NO/c1-13(14-7-3-2-4-8-14)11-17-12-15-9-5-6-10-16(15)18/h2-4,7-8,15-18H,1,5-6,9-12H2. The molecule has 2 N–H and O–H groups in total. The van der Waals surface area contributed by atoms with Gasteiger partial charge >= 0.3 is 0 Å². The zero-order valence-electron chi connectivity index (χ0n) is 10.9. The molecule has 1 aromatic carbocycles. The molecule has 98 valence electrons. The Balaban J connectivity index is 1.73. The molecule has 1 saturated carbocycles. The van der Waals surface area contributed by atoms with Gasteiger partial charge in [0.1, 0.15) is 0 Å². The number of aliphatic hydroxyl groups is 1. The maximum atomic E-state index is 9.89. The highest BCUT2D eigenvalue weighted by Crippen LogP contribution is 2.23. The van der Waals surface area contributed by atoms with E-state index in [1.165, 1.54) is 18.4 Å². The lowest BCUT2D eigenvalue weighted by molar-refractivity contribution is 0.0703. The minimum Gasteiger partial charge on any atom is -0.393 e. The van der Waals surface area contributed by atoms with Gasteiger partial charge in [-0.3, -0.25) is 0 Å². The van der Waals surface area contributed by atoms with Crippen molar-refractivity contribution in [2.45, 2.75) is 31.8 Å². The second kappa shape index (κ2) is 6.72. The zero-order valence-corrected chi connectivity index (χ0v) is 10.9. The number of nitrogens with one attached hydrogen (secondary N) is 1. The Bertz CT molecular complexity index is 374. The molecule has 0 amide bonds. The monoisotopic (exact) mass is 245 g/mol.